The number of anilines is 1. The Bertz CT molecular complexity index is 943. The van der Waals surface area contributed by atoms with Crippen LogP contribution in [0.1, 0.15) is 36.1 Å². The van der Waals surface area contributed by atoms with Crippen molar-refractivity contribution in [3.8, 4) is 0 Å². The molecular weight excluding hydrogens is 312 g/mol. The van der Waals surface area contributed by atoms with Crippen LogP contribution in [0.15, 0.2) is 34.4 Å². The number of benzene rings is 1. The molecule has 0 aliphatic rings. The number of carbonyl (C=O) groups is 1. The molecule has 0 radical (unpaired) electrons. The fourth-order valence-electron chi connectivity index (χ4n) is 2.29. The number of fused-ring (bicyclic) bond motifs is 1. The second-order valence-corrected chi connectivity index (χ2v) is 6.34. The van der Waals surface area contributed by atoms with E-state index >= 15 is 0 Å². The predicted octanol–water partition coefficient (Wildman–Crippen LogP) is 2.99. The summed E-state index contributed by atoms with van der Waals surface area (Å²) >= 11 is 1.35. The van der Waals surface area contributed by atoms with Crippen molar-refractivity contribution in [1.29, 1.82) is 0 Å². The van der Waals surface area contributed by atoms with Gasteiger partial charge >= 0.3 is 0 Å². The lowest BCUT2D eigenvalue weighted by molar-refractivity contribution is 0.102. The van der Waals surface area contributed by atoms with E-state index in [-0.39, 0.29) is 23.2 Å². The highest BCUT2D eigenvalue weighted by Crippen LogP contribution is 2.19. The van der Waals surface area contributed by atoms with Gasteiger partial charge in [-0.2, -0.15) is 5.10 Å². The van der Waals surface area contributed by atoms with Crippen LogP contribution in [0.2, 0.25) is 0 Å². The Hall–Kier alpha value is -2.54. The van der Waals surface area contributed by atoms with E-state index in [1.54, 1.807) is 24.3 Å². The third-order valence-corrected chi connectivity index (χ3v) is 4.25. The van der Waals surface area contributed by atoms with Crippen LogP contribution < -0.4 is 10.9 Å². The van der Waals surface area contributed by atoms with Crippen LogP contribution in [0.25, 0.3) is 10.8 Å². The minimum atomic E-state index is -0.370. The van der Waals surface area contributed by atoms with Crippen molar-refractivity contribution >= 4 is 33.1 Å². The van der Waals surface area contributed by atoms with Gasteiger partial charge in [0.1, 0.15) is 0 Å². The quantitative estimate of drug-likeness (QED) is 0.802. The monoisotopic (exact) mass is 328 g/mol. The summed E-state index contributed by atoms with van der Waals surface area (Å²) in [4.78, 5) is 29.3. The normalized spacial score (nSPS) is 11.1. The molecule has 6 nitrogen and oxygen atoms in total. The number of hydrogen-bond acceptors (Lipinski definition) is 5. The van der Waals surface area contributed by atoms with E-state index in [2.05, 4.69) is 15.4 Å². The zero-order valence-electron chi connectivity index (χ0n) is 13.0. The molecule has 0 aliphatic heterocycles. The summed E-state index contributed by atoms with van der Waals surface area (Å²) in [6.45, 7) is 5.57. The van der Waals surface area contributed by atoms with Crippen molar-refractivity contribution in [3.05, 3.63) is 51.4 Å². The van der Waals surface area contributed by atoms with Crippen LogP contribution in [0.5, 0.6) is 0 Å². The molecule has 0 spiro atoms. The molecule has 0 bridgehead atoms. The van der Waals surface area contributed by atoms with Gasteiger partial charge in [0.15, 0.2) is 10.8 Å². The number of hydrogen-bond donors (Lipinski definition) is 1. The minimum Gasteiger partial charge on any atom is -0.296 e. The number of nitrogens with zero attached hydrogens (tertiary/aromatic N) is 3. The Morgan fingerprint density at radius 2 is 1.96 bits per heavy atom. The first kappa shape index (κ1) is 15.4. The Kier molecular flexibility index (Phi) is 3.96. The minimum absolute atomic E-state index is 0.138. The average Bonchev–Trinajstić information content (AvgIpc) is 2.92. The van der Waals surface area contributed by atoms with Crippen LogP contribution in [0, 0.1) is 6.92 Å². The molecule has 0 aliphatic carbocycles. The van der Waals surface area contributed by atoms with Gasteiger partial charge in [-0.1, -0.05) is 18.2 Å². The Morgan fingerprint density at radius 1 is 1.26 bits per heavy atom. The molecule has 0 saturated heterocycles. The van der Waals surface area contributed by atoms with E-state index in [1.165, 1.54) is 16.0 Å². The molecule has 0 atom stereocenters. The third-order valence-electron chi connectivity index (χ3n) is 3.37. The molecule has 3 rings (SSSR count). The van der Waals surface area contributed by atoms with Gasteiger partial charge in [-0.3, -0.25) is 14.9 Å². The summed E-state index contributed by atoms with van der Waals surface area (Å²) in [6, 6.07) is 6.87. The largest absolute Gasteiger partial charge is 0.296 e. The summed E-state index contributed by atoms with van der Waals surface area (Å²) < 4.78 is 1.34. The highest BCUT2D eigenvalue weighted by molar-refractivity contribution is 7.13. The number of amides is 1. The number of aromatic nitrogens is 3. The van der Waals surface area contributed by atoms with E-state index in [1.807, 2.05) is 26.2 Å². The summed E-state index contributed by atoms with van der Waals surface area (Å²) in [5, 5.41) is 10.4. The van der Waals surface area contributed by atoms with Crippen molar-refractivity contribution in [2.24, 2.45) is 0 Å². The first-order valence-corrected chi connectivity index (χ1v) is 8.10. The summed E-state index contributed by atoms with van der Waals surface area (Å²) in [6.07, 6.45) is 0. The molecule has 1 aromatic carbocycles. The molecule has 1 N–H and O–H groups in total. The van der Waals surface area contributed by atoms with Crippen LogP contribution >= 0.6 is 11.3 Å². The Morgan fingerprint density at radius 3 is 2.57 bits per heavy atom. The van der Waals surface area contributed by atoms with Crippen molar-refractivity contribution < 1.29 is 4.79 Å². The SMILES string of the molecule is Cc1csc(NC(=O)c2nn(C(C)C)c(=O)c3ccccc23)n1. The maximum atomic E-state index is 12.6. The van der Waals surface area contributed by atoms with Crippen molar-refractivity contribution in [3.63, 3.8) is 0 Å². The first-order chi connectivity index (χ1) is 11.0. The predicted molar refractivity (Wildman–Crippen MR) is 91.2 cm³/mol. The van der Waals surface area contributed by atoms with Crippen LogP contribution in [-0.4, -0.2) is 20.7 Å². The van der Waals surface area contributed by atoms with Crippen LogP contribution in [0.4, 0.5) is 5.13 Å². The molecular formula is C16H16N4O2S. The second kappa shape index (κ2) is 5.92. The molecule has 0 unspecified atom stereocenters. The number of rotatable bonds is 3. The fraction of sp³-hybridized carbons (Fsp3) is 0.250. The highest BCUT2D eigenvalue weighted by Gasteiger charge is 2.18. The molecule has 0 saturated carbocycles. The van der Waals surface area contributed by atoms with Crippen molar-refractivity contribution in [2.75, 3.05) is 5.32 Å². The van der Waals surface area contributed by atoms with Gasteiger partial charge in [-0.05, 0) is 26.8 Å². The van der Waals surface area contributed by atoms with Gasteiger partial charge in [0.25, 0.3) is 11.5 Å². The van der Waals surface area contributed by atoms with Crippen molar-refractivity contribution in [2.45, 2.75) is 26.8 Å². The van der Waals surface area contributed by atoms with Gasteiger partial charge in [0.2, 0.25) is 0 Å². The molecule has 3 aromatic rings. The number of nitrogens with one attached hydrogen (secondary N) is 1. The molecule has 0 fully saturated rings. The molecule has 118 valence electrons. The topological polar surface area (TPSA) is 76.9 Å². The summed E-state index contributed by atoms with van der Waals surface area (Å²) in [5.41, 5.74) is 0.870. The number of thiazole rings is 1. The lowest BCUT2D eigenvalue weighted by Crippen LogP contribution is -2.28. The van der Waals surface area contributed by atoms with Crippen LogP contribution in [-0.2, 0) is 0 Å². The van der Waals surface area contributed by atoms with E-state index in [4.69, 9.17) is 0 Å². The summed E-state index contributed by atoms with van der Waals surface area (Å²) in [7, 11) is 0. The van der Waals surface area contributed by atoms with Crippen molar-refractivity contribution in [1.82, 2.24) is 14.8 Å². The number of aryl methyl sites for hydroxylation is 1. The van der Waals surface area contributed by atoms with Gasteiger partial charge in [-0.15, -0.1) is 11.3 Å². The molecule has 7 heteroatoms. The third kappa shape index (κ3) is 2.87. The highest BCUT2D eigenvalue weighted by atomic mass is 32.1. The fourth-order valence-corrected chi connectivity index (χ4v) is 2.98. The molecule has 1 amide bonds. The lowest BCUT2D eigenvalue weighted by atomic mass is 10.1. The van der Waals surface area contributed by atoms with E-state index < -0.39 is 0 Å². The smallest absolute Gasteiger partial charge is 0.278 e. The van der Waals surface area contributed by atoms with Gasteiger partial charge < -0.3 is 0 Å². The number of carbonyl (C=O) groups excluding carboxylic acids is 1. The lowest BCUT2D eigenvalue weighted by Gasteiger charge is -2.12. The van der Waals surface area contributed by atoms with Gasteiger partial charge in [-0.25, -0.2) is 9.67 Å². The maximum Gasteiger partial charge on any atom is 0.278 e. The van der Waals surface area contributed by atoms with E-state index in [0.29, 0.717) is 15.9 Å². The molecule has 23 heavy (non-hydrogen) atoms. The standard InChI is InChI=1S/C16H16N4O2S/c1-9(2)20-15(22)12-7-5-4-6-11(12)13(19-20)14(21)18-16-17-10(3)8-23-16/h4-9H,1-3H3,(H,17,18,21). The second-order valence-electron chi connectivity index (χ2n) is 5.49. The zero-order valence-corrected chi connectivity index (χ0v) is 13.8. The first-order valence-electron chi connectivity index (χ1n) is 7.22. The van der Waals surface area contributed by atoms with E-state index in [0.717, 1.165) is 5.69 Å². The average molecular weight is 328 g/mol. The van der Waals surface area contributed by atoms with Gasteiger partial charge in [0, 0.05) is 10.8 Å². The molecule has 2 heterocycles. The van der Waals surface area contributed by atoms with Crippen LogP contribution in [0.3, 0.4) is 0 Å². The Balaban J connectivity index is 2.14. The van der Waals surface area contributed by atoms with Gasteiger partial charge in [0.05, 0.1) is 17.1 Å². The summed E-state index contributed by atoms with van der Waals surface area (Å²) in [5.74, 6) is -0.370. The Labute approximate surface area is 136 Å². The zero-order chi connectivity index (χ0) is 16.6. The maximum absolute atomic E-state index is 12.6. The molecule has 2 aromatic heterocycles. The van der Waals surface area contributed by atoms with E-state index in [9.17, 15) is 9.59 Å².